The van der Waals surface area contributed by atoms with Crippen molar-refractivity contribution in [3.05, 3.63) is 18.0 Å². The molecule has 2 N–H and O–H groups in total. The number of nitrogens with two attached hydrogens (primary N) is 1. The first-order valence-corrected chi connectivity index (χ1v) is 5.92. The van der Waals surface area contributed by atoms with Crippen LogP contribution in [0.2, 0.25) is 0 Å². The Labute approximate surface area is 92.7 Å². The lowest BCUT2D eigenvalue weighted by Crippen LogP contribution is -2.17. The first-order valence-electron chi connectivity index (χ1n) is 5.92. The molecule has 0 aliphatic carbocycles. The van der Waals surface area contributed by atoms with E-state index < -0.39 is 0 Å². The van der Waals surface area contributed by atoms with Crippen LogP contribution >= 0.6 is 0 Å². The van der Waals surface area contributed by atoms with E-state index >= 15 is 0 Å². The van der Waals surface area contributed by atoms with Crippen molar-refractivity contribution in [2.24, 2.45) is 11.7 Å². The van der Waals surface area contributed by atoms with Gasteiger partial charge < -0.3 is 5.73 Å². The van der Waals surface area contributed by atoms with Crippen molar-refractivity contribution < 1.29 is 0 Å². The van der Waals surface area contributed by atoms with Crippen molar-refractivity contribution in [2.45, 2.75) is 52.6 Å². The minimum absolute atomic E-state index is 0.218. The lowest BCUT2D eigenvalue weighted by molar-refractivity contribution is 0.396. The highest BCUT2D eigenvalue weighted by molar-refractivity contribution is 5.05. The fraction of sp³-hybridized carbons (Fsp3) is 0.750. The van der Waals surface area contributed by atoms with Crippen molar-refractivity contribution in [1.82, 2.24) is 9.78 Å². The predicted octanol–water partition coefficient (Wildman–Crippen LogP) is 2.21. The van der Waals surface area contributed by atoms with Gasteiger partial charge in [-0.1, -0.05) is 26.7 Å². The van der Waals surface area contributed by atoms with E-state index in [1.165, 1.54) is 18.4 Å². The highest BCUT2D eigenvalue weighted by atomic mass is 15.3. The molecular formula is C12H23N3. The van der Waals surface area contributed by atoms with E-state index in [0.717, 1.165) is 18.9 Å². The van der Waals surface area contributed by atoms with Gasteiger partial charge in [0.05, 0.1) is 6.20 Å². The minimum Gasteiger partial charge on any atom is -0.328 e. The molecule has 1 rings (SSSR count). The number of aromatic nitrogens is 2. The van der Waals surface area contributed by atoms with Crippen LogP contribution in [0.5, 0.6) is 0 Å². The van der Waals surface area contributed by atoms with Crippen LogP contribution in [0.1, 0.15) is 39.2 Å². The van der Waals surface area contributed by atoms with E-state index in [2.05, 4.69) is 29.8 Å². The molecule has 1 atom stereocenters. The Bertz CT molecular complexity index is 274. The first-order chi connectivity index (χ1) is 7.15. The molecule has 0 amide bonds. The van der Waals surface area contributed by atoms with E-state index in [1.807, 2.05) is 13.1 Å². The molecule has 86 valence electrons. The number of hydrogen-bond acceptors (Lipinski definition) is 2. The highest BCUT2D eigenvalue weighted by Gasteiger charge is 2.06. The van der Waals surface area contributed by atoms with E-state index in [4.69, 9.17) is 5.73 Å². The summed E-state index contributed by atoms with van der Waals surface area (Å²) in [7, 11) is 0. The SMILES string of the molecule is CCC(CC)Cn1cc(CC(C)N)cn1. The summed E-state index contributed by atoms with van der Waals surface area (Å²) in [5.74, 6) is 0.744. The lowest BCUT2D eigenvalue weighted by Gasteiger charge is -2.11. The molecule has 0 saturated heterocycles. The van der Waals surface area contributed by atoms with Crippen LogP contribution < -0.4 is 5.73 Å². The van der Waals surface area contributed by atoms with E-state index in [-0.39, 0.29) is 6.04 Å². The van der Waals surface area contributed by atoms with Crippen LogP contribution in [0.15, 0.2) is 12.4 Å². The second kappa shape index (κ2) is 5.91. The molecule has 3 nitrogen and oxygen atoms in total. The topological polar surface area (TPSA) is 43.8 Å². The van der Waals surface area contributed by atoms with Gasteiger partial charge in [-0.3, -0.25) is 4.68 Å². The monoisotopic (exact) mass is 209 g/mol. The molecule has 0 spiro atoms. The zero-order chi connectivity index (χ0) is 11.3. The first kappa shape index (κ1) is 12.2. The molecule has 0 fully saturated rings. The quantitative estimate of drug-likeness (QED) is 0.780. The van der Waals surface area contributed by atoms with Crippen molar-refractivity contribution >= 4 is 0 Å². The molecule has 0 aromatic carbocycles. The normalized spacial score (nSPS) is 13.4. The van der Waals surface area contributed by atoms with Crippen LogP contribution in [0, 0.1) is 5.92 Å². The maximum absolute atomic E-state index is 5.75. The Morgan fingerprint density at radius 1 is 1.40 bits per heavy atom. The summed E-state index contributed by atoms with van der Waals surface area (Å²) in [4.78, 5) is 0. The lowest BCUT2D eigenvalue weighted by atomic mass is 10.0. The van der Waals surface area contributed by atoms with Crippen molar-refractivity contribution in [3.8, 4) is 0 Å². The third kappa shape index (κ3) is 4.04. The second-order valence-corrected chi connectivity index (χ2v) is 4.43. The van der Waals surface area contributed by atoms with Gasteiger partial charge in [-0.2, -0.15) is 5.10 Å². The van der Waals surface area contributed by atoms with Crippen LogP contribution in [0.25, 0.3) is 0 Å². The summed E-state index contributed by atoms with van der Waals surface area (Å²) in [5.41, 5.74) is 7.00. The Hall–Kier alpha value is -0.830. The zero-order valence-corrected chi connectivity index (χ0v) is 10.1. The van der Waals surface area contributed by atoms with Crippen LogP contribution in [0.4, 0.5) is 0 Å². The zero-order valence-electron chi connectivity index (χ0n) is 10.1. The molecule has 0 aliphatic rings. The molecule has 15 heavy (non-hydrogen) atoms. The molecule has 0 radical (unpaired) electrons. The average molecular weight is 209 g/mol. The summed E-state index contributed by atoms with van der Waals surface area (Å²) in [6.45, 7) is 7.53. The number of nitrogens with zero attached hydrogens (tertiary/aromatic N) is 2. The molecule has 1 aromatic heterocycles. The van der Waals surface area contributed by atoms with Gasteiger partial charge in [0, 0.05) is 18.8 Å². The fourth-order valence-electron chi connectivity index (χ4n) is 1.79. The van der Waals surface area contributed by atoms with Crippen molar-refractivity contribution in [1.29, 1.82) is 0 Å². The van der Waals surface area contributed by atoms with Gasteiger partial charge in [-0.15, -0.1) is 0 Å². The standard InChI is InChI=1S/C12H23N3/c1-4-11(5-2)8-15-9-12(7-14-15)6-10(3)13/h7,9-11H,4-6,8,13H2,1-3H3. The van der Waals surface area contributed by atoms with Crippen LogP contribution in [-0.2, 0) is 13.0 Å². The summed E-state index contributed by atoms with van der Waals surface area (Å²) < 4.78 is 2.05. The van der Waals surface area contributed by atoms with E-state index in [9.17, 15) is 0 Å². The van der Waals surface area contributed by atoms with Gasteiger partial charge in [0.15, 0.2) is 0 Å². The molecule has 1 aromatic rings. The summed E-state index contributed by atoms with van der Waals surface area (Å²) in [5, 5.41) is 4.37. The summed E-state index contributed by atoms with van der Waals surface area (Å²) in [6.07, 6.45) is 7.42. The number of hydrogen-bond donors (Lipinski definition) is 1. The maximum atomic E-state index is 5.75. The molecule has 0 aliphatic heterocycles. The van der Waals surface area contributed by atoms with Crippen LogP contribution in [-0.4, -0.2) is 15.8 Å². The Morgan fingerprint density at radius 2 is 2.07 bits per heavy atom. The van der Waals surface area contributed by atoms with Gasteiger partial charge in [-0.25, -0.2) is 0 Å². The fourth-order valence-corrected chi connectivity index (χ4v) is 1.79. The molecular weight excluding hydrogens is 186 g/mol. The molecule has 1 heterocycles. The highest BCUT2D eigenvalue weighted by Crippen LogP contribution is 2.11. The van der Waals surface area contributed by atoms with Gasteiger partial charge in [-0.05, 0) is 24.8 Å². The van der Waals surface area contributed by atoms with E-state index in [0.29, 0.717) is 0 Å². The third-order valence-electron chi connectivity index (χ3n) is 2.84. The van der Waals surface area contributed by atoms with Gasteiger partial charge in [0.1, 0.15) is 0 Å². The maximum Gasteiger partial charge on any atom is 0.0522 e. The summed E-state index contributed by atoms with van der Waals surface area (Å²) >= 11 is 0. The molecule has 0 bridgehead atoms. The van der Waals surface area contributed by atoms with E-state index in [1.54, 1.807) is 0 Å². The number of rotatable bonds is 6. The van der Waals surface area contributed by atoms with Gasteiger partial charge in [0.25, 0.3) is 0 Å². The Balaban J connectivity index is 2.52. The molecule has 0 saturated carbocycles. The Kier molecular flexibility index (Phi) is 4.82. The average Bonchev–Trinajstić information content (AvgIpc) is 2.61. The minimum atomic E-state index is 0.218. The molecule has 3 heteroatoms. The van der Waals surface area contributed by atoms with Gasteiger partial charge >= 0.3 is 0 Å². The second-order valence-electron chi connectivity index (χ2n) is 4.43. The van der Waals surface area contributed by atoms with Crippen molar-refractivity contribution in [3.63, 3.8) is 0 Å². The third-order valence-corrected chi connectivity index (χ3v) is 2.84. The predicted molar refractivity (Wildman–Crippen MR) is 63.7 cm³/mol. The Morgan fingerprint density at radius 3 is 2.60 bits per heavy atom. The van der Waals surface area contributed by atoms with Crippen LogP contribution in [0.3, 0.4) is 0 Å². The smallest absolute Gasteiger partial charge is 0.0522 e. The summed E-state index contributed by atoms with van der Waals surface area (Å²) in [6, 6.07) is 0.218. The van der Waals surface area contributed by atoms with Gasteiger partial charge in [0.2, 0.25) is 0 Å². The van der Waals surface area contributed by atoms with Crippen molar-refractivity contribution in [2.75, 3.05) is 0 Å². The molecule has 1 unspecified atom stereocenters. The largest absolute Gasteiger partial charge is 0.328 e.